The molecule has 0 unspecified atom stereocenters. The van der Waals surface area contributed by atoms with Crippen LogP contribution in [0.1, 0.15) is 43.2 Å². The smallest absolute Gasteiger partial charge is 0.153 e. The lowest BCUT2D eigenvalue weighted by molar-refractivity contribution is 0.462. The van der Waals surface area contributed by atoms with E-state index >= 15 is 0 Å². The van der Waals surface area contributed by atoms with Crippen LogP contribution in [0, 0.1) is 6.92 Å². The first-order chi connectivity index (χ1) is 13.2. The topological polar surface area (TPSA) is 104 Å². The Balaban J connectivity index is 1.47. The van der Waals surface area contributed by atoms with Gasteiger partial charge in [-0.3, -0.25) is 0 Å². The van der Waals surface area contributed by atoms with E-state index < -0.39 is 0 Å². The highest BCUT2D eigenvalue weighted by molar-refractivity contribution is 5.46. The Bertz CT molecular complexity index is 905. The molecule has 3 aromatic rings. The van der Waals surface area contributed by atoms with Gasteiger partial charge in [0.15, 0.2) is 5.82 Å². The molecule has 1 aliphatic heterocycles. The highest BCUT2D eigenvalue weighted by atomic mass is 15.3. The summed E-state index contributed by atoms with van der Waals surface area (Å²) < 4.78 is 4.35. The van der Waals surface area contributed by atoms with E-state index in [1.165, 1.54) is 6.33 Å². The number of aromatic nitrogens is 7. The summed E-state index contributed by atoms with van der Waals surface area (Å²) in [7, 11) is 0. The van der Waals surface area contributed by atoms with Gasteiger partial charge in [0.05, 0.1) is 6.54 Å². The number of aryl methyl sites for hydroxylation is 1. The lowest BCUT2D eigenvalue weighted by Crippen LogP contribution is -2.34. The molecule has 0 amide bonds. The predicted octanol–water partition coefficient (Wildman–Crippen LogP) is 1.61. The zero-order valence-electron chi connectivity index (χ0n) is 15.8. The molecule has 2 N–H and O–H groups in total. The van der Waals surface area contributed by atoms with E-state index in [0.29, 0.717) is 18.3 Å². The van der Waals surface area contributed by atoms with Crippen molar-refractivity contribution in [3.8, 4) is 0 Å². The second kappa shape index (κ2) is 7.34. The molecule has 9 heteroatoms. The Morgan fingerprint density at radius 2 is 1.96 bits per heavy atom. The second-order valence-electron chi connectivity index (χ2n) is 6.88. The van der Waals surface area contributed by atoms with Gasteiger partial charge in [-0.2, -0.15) is 0 Å². The first-order valence-electron chi connectivity index (χ1n) is 9.38. The van der Waals surface area contributed by atoms with Crippen molar-refractivity contribution in [2.45, 2.75) is 45.7 Å². The van der Waals surface area contributed by atoms with Gasteiger partial charge < -0.3 is 19.8 Å². The summed E-state index contributed by atoms with van der Waals surface area (Å²) in [6, 6.07) is 1.83. The van der Waals surface area contributed by atoms with Gasteiger partial charge in [-0.25, -0.2) is 15.0 Å². The molecule has 0 atom stereocenters. The minimum absolute atomic E-state index is 0.408. The van der Waals surface area contributed by atoms with Crippen LogP contribution in [0.2, 0.25) is 0 Å². The average molecular weight is 367 g/mol. The van der Waals surface area contributed by atoms with Crippen molar-refractivity contribution in [3.05, 3.63) is 42.3 Å². The van der Waals surface area contributed by atoms with E-state index in [0.717, 1.165) is 55.8 Å². The fourth-order valence-electron chi connectivity index (χ4n) is 3.74. The minimum Gasteiger partial charge on any atom is -0.384 e. The summed E-state index contributed by atoms with van der Waals surface area (Å²) in [5, 5.41) is 9.03. The number of nitrogens with zero attached hydrogens (tertiary/aromatic N) is 8. The van der Waals surface area contributed by atoms with Crippen LogP contribution in [0.25, 0.3) is 0 Å². The molecule has 0 radical (unpaired) electrons. The molecule has 0 aromatic carbocycles. The summed E-state index contributed by atoms with van der Waals surface area (Å²) in [4.78, 5) is 14.9. The molecule has 9 nitrogen and oxygen atoms in total. The second-order valence-corrected chi connectivity index (χ2v) is 6.88. The molecule has 1 aliphatic rings. The molecule has 4 rings (SSSR count). The molecule has 27 heavy (non-hydrogen) atoms. The van der Waals surface area contributed by atoms with Crippen LogP contribution >= 0.6 is 0 Å². The third-order valence-electron chi connectivity index (χ3n) is 5.27. The van der Waals surface area contributed by atoms with Crippen LogP contribution in [-0.2, 0) is 13.1 Å². The number of anilines is 2. The van der Waals surface area contributed by atoms with Crippen LogP contribution in [0.4, 0.5) is 11.6 Å². The van der Waals surface area contributed by atoms with Crippen LogP contribution < -0.4 is 10.6 Å². The average Bonchev–Trinajstić information content (AvgIpc) is 3.28. The van der Waals surface area contributed by atoms with Crippen molar-refractivity contribution >= 4 is 11.6 Å². The molecule has 0 spiro atoms. The third-order valence-corrected chi connectivity index (χ3v) is 5.27. The van der Waals surface area contributed by atoms with Gasteiger partial charge in [-0.05, 0) is 26.7 Å². The number of nitrogens with two attached hydrogens (primary N) is 1. The largest absolute Gasteiger partial charge is 0.384 e. The van der Waals surface area contributed by atoms with Crippen molar-refractivity contribution < 1.29 is 0 Å². The number of piperidine rings is 1. The summed E-state index contributed by atoms with van der Waals surface area (Å²) in [5.41, 5.74) is 5.78. The van der Waals surface area contributed by atoms with Crippen molar-refractivity contribution in [3.63, 3.8) is 0 Å². The normalized spacial score (nSPS) is 15.4. The number of imidazole rings is 1. The minimum atomic E-state index is 0.408. The van der Waals surface area contributed by atoms with E-state index in [2.05, 4.69) is 46.1 Å². The van der Waals surface area contributed by atoms with Crippen LogP contribution in [0.3, 0.4) is 0 Å². The molecular formula is C18H25N9. The summed E-state index contributed by atoms with van der Waals surface area (Å²) in [6.45, 7) is 7.57. The van der Waals surface area contributed by atoms with Gasteiger partial charge >= 0.3 is 0 Å². The third kappa shape index (κ3) is 3.49. The number of hydrogen-bond acceptors (Lipinski definition) is 7. The van der Waals surface area contributed by atoms with Gasteiger partial charge in [-0.15, -0.1) is 10.2 Å². The lowest BCUT2D eigenvalue weighted by Gasteiger charge is -2.32. The summed E-state index contributed by atoms with van der Waals surface area (Å²) in [5.74, 6) is 4.87. The molecule has 0 saturated carbocycles. The first kappa shape index (κ1) is 17.4. The zero-order chi connectivity index (χ0) is 18.8. The Labute approximate surface area is 158 Å². The van der Waals surface area contributed by atoms with Gasteiger partial charge in [-0.1, -0.05) is 0 Å². The van der Waals surface area contributed by atoms with E-state index in [1.807, 2.05) is 25.4 Å². The highest BCUT2D eigenvalue weighted by Gasteiger charge is 2.26. The van der Waals surface area contributed by atoms with Crippen LogP contribution in [0.5, 0.6) is 0 Å². The predicted molar refractivity (Wildman–Crippen MR) is 102 cm³/mol. The molecule has 4 heterocycles. The Morgan fingerprint density at radius 1 is 1.15 bits per heavy atom. The van der Waals surface area contributed by atoms with Gasteiger partial charge in [0.2, 0.25) is 0 Å². The van der Waals surface area contributed by atoms with Crippen LogP contribution in [-0.4, -0.2) is 47.4 Å². The molecule has 1 saturated heterocycles. The highest BCUT2D eigenvalue weighted by Crippen LogP contribution is 2.29. The number of nitrogen functional groups attached to an aromatic ring is 1. The standard InChI is InChI=1S/C18H25N9/c1-3-27-17(11-26-9-6-20-13(26)2)23-24-18(27)14-4-7-25(8-5-14)16-10-15(19)21-12-22-16/h6,9-10,12,14H,3-5,7-8,11H2,1-2H3,(H2,19,21,22). The summed E-state index contributed by atoms with van der Waals surface area (Å²) in [6.07, 6.45) is 7.36. The first-order valence-corrected chi connectivity index (χ1v) is 9.38. The van der Waals surface area contributed by atoms with Crippen LogP contribution in [0.15, 0.2) is 24.8 Å². The van der Waals surface area contributed by atoms with Crippen molar-refractivity contribution in [2.75, 3.05) is 23.7 Å². The van der Waals surface area contributed by atoms with Crippen molar-refractivity contribution in [1.29, 1.82) is 0 Å². The molecule has 1 fully saturated rings. The molecule has 0 bridgehead atoms. The number of rotatable bonds is 5. The lowest BCUT2D eigenvalue weighted by atomic mass is 9.96. The summed E-state index contributed by atoms with van der Waals surface area (Å²) >= 11 is 0. The zero-order valence-corrected chi connectivity index (χ0v) is 15.8. The van der Waals surface area contributed by atoms with Gasteiger partial charge in [0.1, 0.15) is 29.6 Å². The fourth-order valence-corrected chi connectivity index (χ4v) is 3.74. The SMILES string of the molecule is CCn1c(Cn2ccnc2C)nnc1C1CCN(c2cc(N)ncn2)CC1. The maximum absolute atomic E-state index is 5.78. The quantitative estimate of drug-likeness (QED) is 0.730. The fraction of sp³-hybridized carbons (Fsp3) is 0.500. The number of hydrogen-bond donors (Lipinski definition) is 1. The molecule has 3 aromatic heterocycles. The van der Waals surface area contributed by atoms with Crippen molar-refractivity contribution in [2.24, 2.45) is 0 Å². The van der Waals surface area contributed by atoms with E-state index in [9.17, 15) is 0 Å². The van der Waals surface area contributed by atoms with E-state index in [1.54, 1.807) is 0 Å². The maximum atomic E-state index is 5.78. The Kier molecular flexibility index (Phi) is 4.74. The van der Waals surface area contributed by atoms with Gasteiger partial charge in [0.25, 0.3) is 0 Å². The Morgan fingerprint density at radius 3 is 2.63 bits per heavy atom. The molecule has 142 valence electrons. The monoisotopic (exact) mass is 367 g/mol. The Hall–Kier alpha value is -2.97. The maximum Gasteiger partial charge on any atom is 0.153 e. The van der Waals surface area contributed by atoms with E-state index in [-0.39, 0.29) is 0 Å². The van der Waals surface area contributed by atoms with Crippen molar-refractivity contribution in [1.82, 2.24) is 34.3 Å². The van der Waals surface area contributed by atoms with Gasteiger partial charge in [0, 0.05) is 44.0 Å². The van der Waals surface area contributed by atoms with E-state index in [4.69, 9.17) is 5.73 Å². The molecule has 0 aliphatic carbocycles. The molecular weight excluding hydrogens is 342 g/mol.